The van der Waals surface area contributed by atoms with E-state index in [1.807, 2.05) is 72.8 Å². The number of Topliss-reactive ketones (excluding diaryl/α,β-unsaturated/α-hetero) is 1. The van der Waals surface area contributed by atoms with Gasteiger partial charge < -0.3 is 34.7 Å². The van der Waals surface area contributed by atoms with E-state index >= 15 is 0 Å². The van der Waals surface area contributed by atoms with Gasteiger partial charge in [0.1, 0.15) is 0 Å². The molecule has 51 heavy (non-hydrogen) atoms. The Morgan fingerprint density at radius 2 is 1.61 bits per heavy atom. The molecule has 1 fully saturated rings. The summed E-state index contributed by atoms with van der Waals surface area (Å²) in [6.07, 6.45) is 0.120. The van der Waals surface area contributed by atoms with Crippen LogP contribution >= 0.6 is 0 Å². The van der Waals surface area contributed by atoms with Crippen LogP contribution in [0.15, 0.2) is 91.0 Å². The predicted molar refractivity (Wildman–Crippen MR) is 195 cm³/mol. The molecule has 3 N–H and O–H groups in total. The molecule has 10 heteroatoms. The smallest absolute Gasteiger partial charge is 0.319 e. The standard InChI is InChI=1S/C41H47N3O7/c1-26-38(24-44-18-17-31-21-36(48-3)37(49-4)22-33(31)23-44)50-40(51-39(26)30-15-13-29(25-45)14-16-30)32-11-8-12-34(20-32)42-41(47)43-35(27(2)46)19-28-9-6-5-7-10-28/h5-16,20-22,26,35,38-40,45H,17-19,23-25H2,1-4H3,(H2,42,43,47). The first-order chi connectivity index (χ1) is 24.7. The summed E-state index contributed by atoms with van der Waals surface area (Å²) >= 11 is 0. The highest BCUT2D eigenvalue weighted by molar-refractivity contribution is 5.93. The maximum Gasteiger partial charge on any atom is 0.319 e. The monoisotopic (exact) mass is 693 g/mol. The summed E-state index contributed by atoms with van der Waals surface area (Å²) in [5, 5.41) is 15.4. The maximum absolute atomic E-state index is 13.1. The van der Waals surface area contributed by atoms with Gasteiger partial charge >= 0.3 is 6.03 Å². The van der Waals surface area contributed by atoms with E-state index in [1.165, 1.54) is 18.1 Å². The number of hydrogen-bond acceptors (Lipinski definition) is 8. The van der Waals surface area contributed by atoms with Crippen molar-refractivity contribution in [2.45, 2.75) is 64.4 Å². The summed E-state index contributed by atoms with van der Waals surface area (Å²) < 4.78 is 24.6. The van der Waals surface area contributed by atoms with Crippen LogP contribution in [0.4, 0.5) is 10.5 Å². The number of nitrogens with zero attached hydrogens (tertiary/aromatic N) is 1. The quantitative estimate of drug-likeness (QED) is 0.157. The molecule has 1 saturated heterocycles. The van der Waals surface area contributed by atoms with Crippen LogP contribution in [0.2, 0.25) is 0 Å². The van der Waals surface area contributed by atoms with Crippen molar-refractivity contribution in [3.8, 4) is 11.5 Å². The van der Waals surface area contributed by atoms with Gasteiger partial charge in [0.05, 0.1) is 39.1 Å². The molecule has 0 bridgehead atoms. The first-order valence-corrected chi connectivity index (χ1v) is 17.4. The van der Waals surface area contributed by atoms with Crippen molar-refractivity contribution >= 4 is 17.5 Å². The second-order valence-corrected chi connectivity index (χ2v) is 13.4. The molecule has 4 aromatic carbocycles. The SMILES string of the molecule is COc1cc2c(cc1OC)CN(CC1OC(c3cccc(NC(=O)NC(Cc4ccccc4)C(C)=O)c3)OC(c3ccc(CO)cc3)C1C)CC2. The Kier molecular flexibility index (Phi) is 11.7. The van der Waals surface area contributed by atoms with Crippen LogP contribution in [0.3, 0.4) is 0 Å². The van der Waals surface area contributed by atoms with Crippen molar-refractivity contribution in [2.75, 3.05) is 32.6 Å². The van der Waals surface area contributed by atoms with Gasteiger partial charge in [-0.25, -0.2) is 4.79 Å². The lowest BCUT2D eigenvalue weighted by atomic mass is 9.89. The van der Waals surface area contributed by atoms with Crippen LogP contribution in [0.25, 0.3) is 0 Å². The molecular weight excluding hydrogens is 646 g/mol. The van der Waals surface area contributed by atoms with Gasteiger partial charge in [-0.1, -0.05) is 73.7 Å². The average molecular weight is 694 g/mol. The zero-order valence-corrected chi connectivity index (χ0v) is 29.6. The summed E-state index contributed by atoms with van der Waals surface area (Å²) in [5.41, 5.74) is 6.57. The fraction of sp³-hybridized carbons (Fsp3) is 0.366. The van der Waals surface area contributed by atoms with Crippen molar-refractivity contribution in [3.63, 3.8) is 0 Å². The number of carbonyl (C=O) groups is 2. The third-order valence-corrected chi connectivity index (χ3v) is 9.85. The van der Waals surface area contributed by atoms with Crippen molar-refractivity contribution < 1.29 is 33.6 Å². The van der Waals surface area contributed by atoms with Gasteiger partial charge in [0.15, 0.2) is 23.6 Å². The Balaban J connectivity index is 1.20. The number of aliphatic hydroxyl groups excluding tert-OH is 1. The number of aliphatic hydroxyl groups is 1. The zero-order chi connectivity index (χ0) is 35.9. The average Bonchev–Trinajstić information content (AvgIpc) is 3.15. The highest BCUT2D eigenvalue weighted by Gasteiger charge is 2.39. The van der Waals surface area contributed by atoms with E-state index in [0.29, 0.717) is 18.7 Å². The van der Waals surface area contributed by atoms with Gasteiger partial charge in [-0.2, -0.15) is 0 Å². The Hall–Kier alpha value is -4.74. The lowest BCUT2D eigenvalue weighted by Gasteiger charge is -2.43. The Labute approximate surface area is 299 Å². The molecule has 6 rings (SSSR count). The molecule has 10 nitrogen and oxygen atoms in total. The van der Waals surface area contributed by atoms with E-state index < -0.39 is 18.4 Å². The molecule has 0 aliphatic carbocycles. The largest absolute Gasteiger partial charge is 0.493 e. The van der Waals surface area contributed by atoms with Gasteiger partial charge in [-0.15, -0.1) is 0 Å². The second-order valence-electron chi connectivity index (χ2n) is 13.4. The summed E-state index contributed by atoms with van der Waals surface area (Å²) in [6.45, 7) is 5.92. The van der Waals surface area contributed by atoms with E-state index in [4.69, 9.17) is 18.9 Å². The van der Waals surface area contributed by atoms with E-state index in [-0.39, 0.29) is 30.5 Å². The van der Waals surface area contributed by atoms with E-state index in [9.17, 15) is 14.7 Å². The summed E-state index contributed by atoms with van der Waals surface area (Å²) in [4.78, 5) is 27.9. The number of hydrogen-bond donors (Lipinski definition) is 3. The molecule has 2 amide bonds. The summed E-state index contributed by atoms with van der Waals surface area (Å²) in [7, 11) is 3.31. The minimum Gasteiger partial charge on any atom is -0.493 e. The maximum atomic E-state index is 13.1. The molecule has 5 atom stereocenters. The second kappa shape index (κ2) is 16.5. The lowest BCUT2D eigenvalue weighted by molar-refractivity contribution is -0.276. The zero-order valence-electron chi connectivity index (χ0n) is 29.6. The molecule has 4 aromatic rings. The van der Waals surface area contributed by atoms with Crippen molar-refractivity contribution in [3.05, 3.63) is 124 Å². The topological polar surface area (TPSA) is 119 Å². The molecule has 0 saturated carbocycles. The number of benzene rings is 4. The van der Waals surface area contributed by atoms with E-state index in [2.05, 4.69) is 34.6 Å². The normalized spacial score (nSPS) is 20.9. The predicted octanol–water partition coefficient (Wildman–Crippen LogP) is 6.37. The molecule has 2 aliphatic rings. The number of amides is 2. The van der Waals surface area contributed by atoms with Crippen LogP contribution in [-0.4, -0.2) is 61.3 Å². The van der Waals surface area contributed by atoms with Gasteiger partial charge in [0.2, 0.25) is 0 Å². The molecule has 268 valence electrons. The van der Waals surface area contributed by atoms with Crippen LogP contribution in [0, 0.1) is 5.92 Å². The van der Waals surface area contributed by atoms with Crippen LogP contribution < -0.4 is 20.1 Å². The fourth-order valence-electron chi connectivity index (χ4n) is 6.91. The number of fused-ring (bicyclic) bond motifs is 1. The van der Waals surface area contributed by atoms with Crippen molar-refractivity contribution in [2.24, 2.45) is 5.92 Å². The summed E-state index contributed by atoms with van der Waals surface area (Å²) in [6, 6.07) is 27.9. The molecule has 0 aromatic heterocycles. The van der Waals surface area contributed by atoms with Gasteiger partial charge in [0, 0.05) is 36.8 Å². The Bertz CT molecular complexity index is 1800. The highest BCUT2D eigenvalue weighted by Crippen LogP contribution is 2.43. The van der Waals surface area contributed by atoms with Gasteiger partial charge in [0.25, 0.3) is 0 Å². The highest BCUT2D eigenvalue weighted by atomic mass is 16.7. The Morgan fingerprint density at radius 3 is 2.29 bits per heavy atom. The van der Waals surface area contributed by atoms with Crippen LogP contribution in [0.1, 0.15) is 59.6 Å². The Morgan fingerprint density at radius 1 is 0.882 bits per heavy atom. The number of anilines is 1. The van der Waals surface area contributed by atoms with E-state index in [0.717, 1.165) is 53.3 Å². The van der Waals surface area contributed by atoms with E-state index in [1.54, 1.807) is 20.3 Å². The summed E-state index contributed by atoms with van der Waals surface area (Å²) in [5.74, 6) is 1.34. The lowest BCUT2D eigenvalue weighted by Crippen LogP contribution is -2.45. The van der Waals surface area contributed by atoms with Gasteiger partial charge in [-0.3, -0.25) is 9.69 Å². The number of urea groups is 1. The molecule has 2 heterocycles. The molecular formula is C41H47N3O7. The number of rotatable bonds is 12. The number of ether oxygens (including phenoxy) is 4. The minimum atomic E-state index is -0.706. The van der Waals surface area contributed by atoms with Crippen molar-refractivity contribution in [1.82, 2.24) is 10.2 Å². The third-order valence-electron chi connectivity index (χ3n) is 9.85. The fourth-order valence-corrected chi connectivity index (χ4v) is 6.91. The minimum absolute atomic E-state index is 0.00763. The number of nitrogens with one attached hydrogen (secondary N) is 2. The number of ketones is 1. The molecule has 5 unspecified atom stereocenters. The molecule has 0 spiro atoms. The third kappa shape index (κ3) is 8.77. The van der Waals surface area contributed by atoms with Crippen LogP contribution in [-0.2, 0) is 40.3 Å². The van der Waals surface area contributed by atoms with Crippen LogP contribution in [0.5, 0.6) is 11.5 Å². The van der Waals surface area contributed by atoms with Gasteiger partial charge in [-0.05, 0) is 71.8 Å². The molecule has 0 radical (unpaired) electrons. The number of methoxy groups -OCH3 is 2. The first kappa shape index (κ1) is 36.1. The van der Waals surface area contributed by atoms with Crippen molar-refractivity contribution in [1.29, 1.82) is 0 Å². The number of carbonyl (C=O) groups excluding carboxylic acids is 2. The molecule has 2 aliphatic heterocycles. The first-order valence-electron chi connectivity index (χ1n) is 17.4.